The van der Waals surface area contributed by atoms with Gasteiger partial charge < -0.3 is 9.84 Å². The maximum Gasteiger partial charge on any atom is 0.312 e. The Balaban J connectivity index is 1.75. The Bertz CT molecular complexity index is 1080. The van der Waals surface area contributed by atoms with Crippen LogP contribution >= 0.6 is 11.6 Å². The molecule has 0 spiro atoms. The maximum absolute atomic E-state index is 12.0. The zero-order valence-electron chi connectivity index (χ0n) is 14.8. The smallest absolute Gasteiger partial charge is 0.312 e. The number of nitro benzene ring substituents is 1. The van der Waals surface area contributed by atoms with Gasteiger partial charge in [-0.15, -0.1) is 0 Å². The van der Waals surface area contributed by atoms with Gasteiger partial charge in [-0.1, -0.05) is 23.7 Å². The van der Waals surface area contributed by atoms with Gasteiger partial charge in [-0.3, -0.25) is 14.9 Å². The van der Waals surface area contributed by atoms with Crippen LogP contribution in [0.25, 0.3) is 0 Å². The number of carbonyl (C=O) groups excluding carboxylic acids is 1. The summed E-state index contributed by atoms with van der Waals surface area (Å²) >= 11 is 6.02. The molecule has 1 amide bonds. The third-order valence-electron chi connectivity index (χ3n) is 3.75. The number of para-hydroxylation sites is 1. The first kappa shape index (κ1) is 19.8. The summed E-state index contributed by atoms with van der Waals surface area (Å²) in [5.74, 6) is -0.140. The maximum atomic E-state index is 12.0. The van der Waals surface area contributed by atoms with Crippen molar-refractivity contribution in [2.75, 3.05) is 0 Å². The van der Waals surface area contributed by atoms with Crippen LogP contribution in [-0.2, 0) is 0 Å². The van der Waals surface area contributed by atoms with Gasteiger partial charge in [-0.25, -0.2) is 5.43 Å². The monoisotopic (exact) mass is 411 g/mol. The minimum atomic E-state index is -0.585. The van der Waals surface area contributed by atoms with Gasteiger partial charge in [0.15, 0.2) is 0 Å². The van der Waals surface area contributed by atoms with E-state index in [9.17, 15) is 20.0 Å². The molecule has 0 aliphatic rings. The van der Waals surface area contributed by atoms with E-state index in [1.54, 1.807) is 30.3 Å². The highest BCUT2D eigenvalue weighted by Gasteiger charge is 2.17. The summed E-state index contributed by atoms with van der Waals surface area (Å²) in [6.45, 7) is 0. The average Bonchev–Trinajstić information content (AvgIpc) is 2.71. The van der Waals surface area contributed by atoms with Crippen LogP contribution in [0.15, 0.2) is 71.8 Å². The second-order valence-electron chi connectivity index (χ2n) is 5.76. The van der Waals surface area contributed by atoms with Crippen LogP contribution in [0.5, 0.6) is 17.2 Å². The van der Waals surface area contributed by atoms with E-state index in [0.29, 0.717) is 21.9 Å². The molecule has 3 aromatic rings. The van der Waals surface area contributed by atoms with Crippen molar-refractivity contribution < 1.29 is 19.6 Å². The van der Waals surface area contributed by atoms with Crippen molar-refractivity contribution in [1.29, 1.82) is 0 Å². The highest BCUT2D eigenvalue weighted by atomic mass is 35.5. The minimum absolute atomic E-state index is 0.0216. The van der Waals surface area contributed by atoms with E-state index in [1.807, 2.05) is 0 Å². The van der Waals surface area contributed by atoms with Gasteiger partial charge in [0.05, 0.1) is 16.2 Å². The fraction of sp³-hybridized carbons (Fsp3) is 0. The van der Waals surface area contributed by atoms with Crippen molar-refractivity contribution >= 4 is 29.4 Å². The van der Waals surface area contributed by atoms with Crippen molar-refractivity contribution in [1.82, 2.24) is 5.43 Å². The van der Waals surface area contributed by atoms with Gasteiger partial charge >= 0.3 is 5.69 Å². The lowest BCUT2D eigenvalue weighted by molar-refractivity contribution is -0.385. The molecule has 9 heteroatoms. The SMILES string of the molecule is O=C(N/N=C/c1ccc(Oc2ccccc2Cl)c([N+](=O)[O-])c1)c1ccc(O)cc1. The molecule has 0 heterocycles. The molecule has 2 N–H and O–H groups in total. The number of nitrogens with one attached hydrogen (secondary N) is 1. The molecule has 3 rings (SSSR count). The average molecular weight is 412 g/mol. The summed E-state index contributed by atoms with van der Waals surface area (Å²) in [4.78, 5) is 22.8. The standard InChI is InChI=1S/C20H14ClN3O5/c21-16-3-1-2-4-18(16)29-19-10-5-13(11-17(19)24(27)28)12-22-23-20(26)14-6-8-15(25)9-7-14/h1-12,25H,(H,23,26)/b22-12+. The summed E-state index contributed by atoms with van der Waals surface area (Å²) in [5, 5.41) is 24.8. The Hall–Kier alpha value is -3.91. The predicted octanol–water partition coefficient (Wildman–Crippen LogP) is 4.51. The fourth-order valence-corrected chi connectivity index (χ4v) is 2.51. The first-order chi connectivity index (χ1) is 13.9. The number of amides is 1. The number of hydrazone groups is 1. The molecule has 0 saturated carbocycles. The second-order valence-corrected chi connectivity index (χ2v) is 6.17. The Morgan fingerprint density at radius 1 is 1.10 bits per heavy atom. The van der Waals surface area contributed by atoms with E-state index in [1.165, 1.54) is 42.6 Å². The van der Waals surface area contributed by atoms with E-state index in [2.05, 4.69) is 10.5 Å². The lowest BCUT2D eigenvalue weighted by Gasteiger charge is -2.08. The number of phenolic OH excluding ortho intramolecular Hbond substituents is 1. The highest BCUT2D eigenvalue weighted by Crippen LogP contribution is 2.35. The molecule has 0 fully saturated rings. The van der Waals surface area contributed by atoms with E-state index < -0.39 is 10.8 Å². The lowest BCUT2D eigenvalue weighted by atomic mass is 10.2. The van der Waals surface area contributed by atoms with Gasteiger partial charge in [0, 0.05) is 17.2 Å². The number of hydrogen-bond acceptors (Lipinski definition) is 6. The first-order valence-corrected chi connectivity index (χ1v) is 8.65. The molecule has 0 aliphatic carbocycles. The van der Waals surface area contributed by atoms with Crippen molar-refractivity contribution in [3.8, 4) is 17.2 Å². The van der Waals surface area contributed by atoms with E-state index >= 15 is 0 Å². The number of nitrogens with zero attached hydrogens (tertiary/aromatic N) is 2. The number of benzene rings is 3. The van der Waals surface area contributed by atoms with Gasteiger partial charge in [-0.05, 0) is 48.5 Å². The van der Waals surface area contributed by atoms with Crippen molar-refractivity contribution in [2.45, 2.75) is 0 Å². The summed E-state index contributed by atoms with van der Waals surface area (Å²) in [5.41, 5.74) is 2.71. The van der Waals surface area contributed by atoms with E-state index in [4.69, 9.17) is 16.3 Å². The number of nitro groups is 1. The number of ether oxygens (including phenoxy) is 1. The summed E-state index contributed by atoms with van der Waals surface area (Å²) < 4.78 is 5.56. The zero-order chi connectivity index (χ0) is 20.8. The van der Waals surface area contributed by atoms with Crippen LogP contribution in [0, 0.1) is 10.1 Å². The Morgan fingerprint density at radius 3 is 2.52 bits per heavy atom. The molecule has 0 saturated heterocycles. The second kappa shape index (κ2) is 8.85. The molecule has 0 bridgehead atoms. The largest absolute Gasteiger partial charge is 0.508 e. The van der Waals surface area contributed by atoms with Crippen molar-refractivity contribution in [3.63, 3.8) is 0 Å². The van der Waals surface area contributed by atoms with Crippen LogP contribution in [-0.4, -0.2) is 22.2 Å². The fourth-order valence-electron chi connectivity index (χ4n) is 2.33. The Labute approximate surface area is 170 Å². The van der Waals surface area contributed by atoms with Crippen LogP contribution in [0.4, 0.5) is 5.69 Å². The number of hydrogen-bond donors (Lipinski definition) is 2. The van der Waals surface area contributed by atoms with Gasteiger partial charge in [0.25, 0.3) is 5.91 Å². The number of halogens is 1. The van der Waals surface area contributed by atoms with E-state index in [0.717, 1.165) is 0 Å². The third kappa shape index (κ3) is 5.08. The minimum Gasteiger partial charge on any atom is -0.508 e. The topological polar surface area (TPSA) is 114 Å². The number of phenols is 1. The highest BCUT2D eigenvalue weighted by molar-refractivity contribution is 6.32. The molecule has 8 nitrogen and oxygen atoms in total. The normalized spacial score (nSPS) is 10.7. The summed E-state index contributed by atoms with van der Waals surface area (Å²) in [6.07, 6.45) is 1.27. The molecular weight excluding hydrogens is 398 g/mol. The zero-order valence-corrected chi connectivity index (χ0v) is 15.5. The number of rotatable bonds is 6. The summed E-state index contributed by atoms with van der Waals surface area (Å²) in [6, 6.07) is 16.5. The van der Waals surface area contributed by atoms with Gasteiger partial charge in [-0.2, -0.15) is 5.10 Å². The molecule has 0 atom stereocenters. The van der Waals surface area contributed by atoms with Crippen molar-refractivity contribution in [2.24, 2.45) is 5.10 Å². The Morgan fingerprint density at radius 2 is 1.83 bits per heavy atom. The quantitative estimate of drug-likeness (QED) is 0.352. The molecule has 0 aromatic heterocycles. The molecule has 29 heavy (non-hydrogen) atoms. The molecule has 0 radical (unpaired) electrons. The molecule has 146 valence electrons. The van der Waals surface area contributed by atoms with Crippen LogP contribution in [0.3, 0.4) is 0 Å². The summed E-state index contributed by atoms with van der Waals surface area (Å²) in [7, 11) is 0. The van der Waals surface area contributed by atoms with Crippen LogP contribution in [0.2, 0.25) is 5.02 Å². The van der Waals surface area contributed by atoms with Gasteiger partial charge in [0.2, 0.25) is 5.75 Å². The van der Waals surface area contributed by atoms with Crippen molar-refractivity contribution in [3.05, 3.63) is 93.0 Å². The number of carbonyl (C=O) groups is 1. The molecule has 0 aliphatic heterocycles. The Kier molecular flexibility index (Phi) is 6.06. The lowest BCUT2D eigenvalue weighted by Crippen LogP contribution is -2.17. The number of aromatic hydroxyl groups is 1. The molecular formula is C20H14ClN3O5. The van der Waals surface area contributed by atoms with Crippen LogP contribution < -0.4 is 10.2 Å². The predicted molar refractivity (Wildman–Crippen MR) is 108 cm³/mol. The first-order valence-electron chi connectivity index (χ1n) is 8.27. The molecule has 3 aromatic carbocycles. The van der Waals surface area contributed by atoms with Gasteiger partial charge in [0.1, 0.15) is 11.5 Å². The molecule has 0 unspecified atom stereocenters. The van der Waals surface area contributed by atoms with E-state index in [-0.39, 0.29) is 17.2 Å². The van der Waals surface area contributed by atoms with Crippen LogP contribution in [0.1, 0.15) is 15.9 Å². The third-order valence-corrected chi connectivity index (χ3v) is 4.06.